The van der Waals surface area contributed by atoms with Crippen LogP contribution in [0.3, 0.4) is 0 Å². The predicted octanol–water partition coefficient (Wildman–Crippen LogP) is 2.13. The normalized spacial score (nSPS) is 12.5. The molecule has 0 heterocycles. The van der Waals surface area contributed by atoms with Crippen molar-refractivity contribution >= 4 is 0 Å². The van der Waals surface area contributed by atoms with Crippen LogP contribution in [0.15, 0.2) is 18.2 Å². The molecule has 1 unspecified atom stereocenters. The van der Waals surface area contributed by atoms with Crippen molar-refractivity contribution in [2.45, 2.75) is 25.8 Å². The fourth-order valence-electron chi connectivity index (χ4n) is 1.58. The molecule has 0 amide bonds. The fraction of sp³-hybridized carbons (Fsp3) is 0.538. The van der Waals surface area contributed by atoms with Crippen molar-refractivity contribution < 1.29 is 13.9 Å². The molecular formula is C13H20FNO2. The van der Waals surface area contributed by atoms with E-state index in [1.807, 2.05) is 13.0 Å². The Kier molecular flexibility index (Phi) is 5.94. The summed E-state index contributed by atoms with van der Waals surface area (Å²) in [5.41, 5.74) is 6.75. The van der Waals surface area contributed by atoms with Gasteiger partial charge in [-0.25, -0.2) is 4.39 Å². The van der Waals surface area contributed by atoms with E-state index in [1.165, 1.54) is 13.2 Å². The number of nitrogens with two attached hydrogens (primary N) is 1. The first-order chi connectivity index (χ1) is 8.17. The summed E-state index contributed by atoms with van der Waals surface area (Å²) in [5, 5.41) is 0. The Hall–Kier alpha value is -1.13. The molecule has 0 aliphatic heterocycles. The lowest BCUT2D eigenvalue weighted by Gasteiger charge is -2.12. The molecule has 1 atom stereocenters. The number of ether oxygens (including phenoxy) is 2. The van der Waals surface area contributed by atoms with Gasteiger partial charge in [0.05, 0.1) is 13.7 Å². The summed E-state index contributed by atoms with van der Waals surface area (Å²) in [7, 11) is 1.45. The van der Waals surface area contributed by atoms with Gasteiger partial charge in [0.15, 0.2) is 11.6 Å². The van der Waals surface area contributed by atoms with Gasteiger partial charge in [0.2, 0.25) is 0 Å². The molecule has 0 spiro atoms. The molecule has 0 aliphatic carbocycles. The Balaban J connectivity index is 2.48. The van der Waals surface area contributed by atoms with Crippen molar-refractivity contribution in [3.63, 3.8) is 0 Å². The molecule has 0 radical (unpaired) electrons. The lowest BCUT2D eigenvalue weighted by atomic mass is 10.1. The average molecular weight is 241 g/mol. The largest absolute Gasteiger partial charge is 0.494 e. The third kappa shape index (κ3) is 4.71. The highest BCUT2D eigenvalue weighted by atomic mass is 19.1. The lowest BCUT2D eigenvalue weighted by molar-refractivity contribution is 0.121. The summed E-state index contributed by atoms with van der Waals surface area (Å²) in [5.74, 6) is -0.101. The number of rotatable bonds is 7. The number of hydrogen-bond acceptors (Lipinski definition) is 3. The van der Waals surface area contributed by atoms with Crippen LogP contribution in [0.2, 0.25) is 0 Å². The minimum atomic E-state index is -0.355. The maximum absolute atomic E-state index is 13.4. The average Bonchev–Trinajstić information content (AvgIpc) is 2.29. The second-order valence-electron chi connectivity index (χ2n) is 4.01. The summed E-state index contributed by atoms with van der Waals surface area (Å²) in [6.07, 6.45) is 1.58. The van der Waals surface area contributed by atoms with E-state index in [0.29, 0.717) is 19.6 Å². The highest BCUT2D eigenvalue weighted by molar-refractivity contribution is 5.29. The van der Waals surface area contributed by atoms with Crippen molar-refractivity contribution in [2.24, 2.45) is 5.73 Å². The van der Waals surface area contributed by atoms with Crippen LogP contribution in [0.1, 0.15) is 18.9 Å². The molecule has 0 fully saturated rings. The first-order valence-corrected chi connectivity index (χ1v) is 5.83. The summed E-state index contributed by atoms with van der Waals surface area (Å²) in [6.45, 7) is 3.26. The molecule has 2 N–H and O–H groups in total. The van der Waals surface area contributed by atoms with Crippen molar-refractivity contribution in [1.29, 1.82) is 0 Å². The molecule has 0 aromatic heterocycles. The quantitative estimate of drug-likeness (QED) is 0.744. The molecule has 3 nitrogen and oxygen atoms in total. The molecular weight excluding hydrogens is 221 g/mol. The summed E-state index contributed by atoms with van der Waals surface area (Å²) >= 11 is 0. The molecule has 1 aromatic carbocycles. The Morgan fingerprint density at radius 3 is 2.76 bits per heavy atom. The van der Waals surface area contributed by atoms with Gasteiger partial charge in [-0.05, 0) is 30.5 Å². The molecule has 17 heavy (non-hydrogen) atoms. The minimum Gasteiger partial charge on any atom is -0.494 e. The summed E-state index contributed by atoms with van der Waals surface area (Å²) < 4.78 is 23.6. The maximum atomic E-state index is 13.4. The van der Waals surface area contributed by atoms with Gasteiger partial charge in [-0.3, -0.25) is 0 Å². The molecule has 1 aromatic rings. The monoisotopic (exact) mass is 241 g/mol. The third-order valence-electron chi connectivity index (χ3n) is 2.39. The van der Waals surface area contributed by atoms with Gasteiger partial charge in [0.1, 0.15) is 0 Å². The first kappa shape index (κ1) is 13.9. The van der Waals surface area contributed by atoms with Crippen molar-refractivity contribution in [3.8, 4) is 5.75 Å². The van der Waals surface area contributed by atoms with Crippen LogP contribution in [0.25, 0.3) is 0 Å². The molecule has 4 heteroatoms. The molecule has 0 bridgehead atoms. The Morgan fingerprint density at radius 1 is 1.41 bits per heavy atom. The van der Waals surface area contributed by atoms with Crippen LogP contribution in [-0.4, -0.2) is 26.4 Å². The minimum absolute atomic E-state index is 0.102. The summed E-state index contributed by atoms with van der Waals surface area (Å²) in [4.78, 5) is 0. The zero-order chi connectivity index (χ0) is 12.7. The van der Waals surface area contributed by atoms with E-state index in [1.54, 1.807) is 6.07 Å². The van der Waals surface area contributed by atoms with Crippen LogP contribution in [0, 0.1) is 5.82 Å². The first-order valence-electron chi connectivity index (χ1n) is 5.83. The van der Waals surface area contributed by atoms with Gasteiger partial charge in [-0.2, -0.15) is 0 Å². The third-order valence-corrected chi connectivity index (χ3v) is 2.39. The smallest absolute Gasteiger partial charge is 0.165 e. The topological polar surface area (TPSA) is 44.5 Å². The number of methoxy groups -OCH3 is 1. The number of hydrogen-bond donors (Lipinski definition) is 1. The van der Waals surface area contributed by atoms with Crippen LogP contribution >= 0.6 is 0 Å². The van der Waals surface area contributed by atoms with E-state index in [2.05, 4.69) is 0 Å². The zero-order valence-corrected chi connectivity index (χ0v) is 10.4. The van der Waals surface area contributed by atoms with Crippen LogP contribution in [0.4, 0.5) is 4.39 Å². The van der Waals surface area contributed by atoms with E-state index in [4.69, 9.17) is 15.2 Å². The van der Waals surface area contributed by atoms with Crippen LogP contribution in [0.5, 0.6) is 5.75 Å². The second-order valence-corrected chi connectivity index (χ2v) is 4.01. The van der Waals surface area contributed by atoms with Crippen LogP contribution < -0.4 is 10.5 Å². The Labute approximate surface area is 102 Å². The van der Waals surface area contributed by atoms with Crippen molar-refractivity contribution in [1.82, 2.24) is 0 Å². The highest BCUT2D eigenvalue weighted by Crippen LogP contribution is 2.18. The van der Waals surface area contributed by atoms with Crippen molar-refractivity contribution in [3.05, 3.63) is 29.6 Å². The highest BCUT2D eigenvalue weighted by Gasteiger charge is 2.07. The Bertz CT molecular complexity index is 344. The van der Waals surface area contributed by atoms with Gasteiger partial charge >= 0.3 is 0 Å². The number of benzene rings is 1. The van der Waals surface area contributed by atoms with Gasteiger partial charge in [-0.15, -0.1) is 0 Å². The lowest BCUT2D eigenvalue weighted by Crippen LogP contribution is -2.28. The van der Waals surface area contributed by atoms with Crippen LogP contribution in [-0.2, 0) is 11.2 Å². The van der Waals surface area contributed by atoms with Gasteiger partial charge < -0.3 is 15.2 Å². The van der Waals surface area contributed by atoms with Gasteiger partial charge in [0, 0.05) is 12.6 Å². The molecule has 0 saturated carbocycles. The SMILES string of the molecule is CCCOCC(N)Cc1ccc(OC)c(F)c1. The van der Waals surface area contributed by atoms with Gasteiger partial charge in [-0.1, -0.05) is 13.0 Å². The number of halogens is 1. The van der Waals surface area contributed by atoms with E-state index >= 15 is 0 Å². The van der Waals surface area contributed by atoms with E-state index in [-0.39, 0.29) is 17.6 Å². The van der Waals surface area contributed by atoms with E-state index in [9.17, 15) is 4.39 Å². The fourth-order valence-corrected chi connectivity index (χ4v) is 1.58. The van der Waals surface area contributed by atoms with E-state index < -0.39 is 0 Å². The molecule has 96 valence electrons. The van der Waals surface area contributed by atoms with E-state index in [0.717, 1.165) is 12.0 Å². The molecule has 0 saturated heterocycles. The molecule has 1 rings (SSSR count). The predicted molar refractivity (Wildman–Crippen MR) is 65.7 cm³/mol. The zero-order valence-electron chi connectivity index (χ0n) is 10.4. The summed E-state index contributed by atoms with van der Waals surface area (Å²) in [6, 6.07) is 4.79. The van der Waals surface area contributed by atoms with Crippen molar-refractivity contribution in [2.75, 3.05) is 20.3 Å². The molecule has 0 aliphatic rings. The standard InChI is InChI=1S/C13H20FNO2/c1-3-6-17-9-11(15)7-10-4-5-13(16-2)12(14)8-10/h4-5,8,11H,3,6-7,9,15H2,1-2H3. The second kappa shape index (κ2) is 7.25. The Morgan fingerprint density at radius 2 is 2.18 bits per heavy atom. The van der Waals surface area contributed by atoms with Gasteiger partial charge in [0.25, 0.3) is 0 Å². The maximum Gasteiger partial charge on any atom is 0.165 e.